The van der Waals surface area contributed by atoms with E-state index in [4.69, 9.17) is 9.52 Å². The van der Waals surface area contributed by atoms with Gasteiger partial charge in [0.1, 0.15) is 11.5 Å². The lowest BCUT2D eigenvalue weighted by molar-refractivity contribution is -0.138. The van der Waals surface area contributed by atoms with Crippen LogP contribution in [0.3, 0.4) is 0 Å². The normalized spacial score (nSPS) is 11.8. The van der Waals surface area contributed by atoms with Crippen molar-refractivity contribution >= 4 is 17.7 Å². The molecule has 0 saturated heterocycles. The first-order valence-corrected chi connectivity index (χ1v) is 5.53. The van der Waals surface area contributed by atoms with Crippen molar-refractivity contribution in [3.8, 4) is 0 Å². The van der Waals surface area contributed by atoms with Crippen LogP contribution in [0, 0.1) is 0 Å². The lowest BCUT2D eigenvalue weighted by atomic mass is 10.1. The topological polar surface area (TPSA) is 96.6 Å². The number of carboxylic acids is 1. The zero-order valence-electron chi connectivity index (χ0n) is 10.0. The first kappa shape index (κ1) is 14.0. The van der Waals surface area contributed by atoms with E-state index in [1.165, 1.54) is 13.2 Å². The Labute approximate surface area is 104 Å². The van der Waals surface area contributed by atoms with E-state index in [1.807, 2.05) is 0 Å². The Bertz CT molecular complexity index is 424. The molecular weight excluding hydrogens is 238 g/mol. The van der Waals surface area contributed by atoms with Crippen molar-refractivity contribution in [2.24, 2.45) is 0 Å². The van der Waals surface area contributed by atoms with Gasteiger partial charge in [0.2, 0.25) is 5.91 Å². The van der Waals surface area contributed by atoms with Gasteiger partial charge in [-0.05, 0) is 19.1 Å². The second-order valence-corrected chi connectivity index (χ2v) is 3.94. The van der Waals surface area contributed by atoms with Gasteiger partial charge < -0.3 is 19.6 Å². The van der Waals surface area contributed by atoms with Crippen molar-refractivity contribution in [2.75, 3.05) is 0 Å². The SMILES string of the molecule is CC(=O)CCC(=O)NC(CC(=O)O)c1ccco1. The van der Waals surface area contributed by atoms with Crippen molar-refractivity contribution in [3.63, 3.8) is 0 Å². The molecule has 0 aliphatic heterocycles. The van der Waals surface area contributed by atoms with Crippen LogP contribution in [0.2, 0.25) is 0 Å². The van der Waals surface area contributed by atoms with Crippen LogP contribution >= 0.6 is 0 Å². The highest BCUT2D eigenvalue weighted by Crippen LogP contribution is 2.17. The second kappa shape index (κ2) is 6.58. The molecule has 1 aromatic rings. The number of hydrogen-bond acceptors (Lipinski definition) is 4. The zero-order valence-corrected chi connectivity index (χ0v) is 10.0. The van der Waals surface area contributed by atoms with Crippen LogP contribution in [0.1, 0.15) is 38.0 Å². The van der Waals surface area contributed by atoms with Gasteiger partial charge in [-0.15, -0.1) is 0 Å². The average Bonchev–Trinajstić information content (AvgIpc) is 2.78. The molecule has 18 heavy (non-hydrogen) atoms. The molecule has 0 spiro atoms. The van der Waals surface area contributed by atoms with Crippen molar-refractivity contribution in [1.82, 2.24) is 5.32 Å². The molecule has 0 saturated carbocycles. The molecule has 1 atom stereocenters. The van der Waals surface area contributed by atoms with Crippen molar-refractivity contribution in [1.29, 1.82) is 0 Å². The first-order chi connectivity index (χ1) is 8.49. The molecule has 2 N–H and O–H groups in total. The molecule has 6 nitrogen and oxygen atoms in total. The Balaban J connectivity index is 2.59. The van der Waals surface area contributed by atoms with E-state index >= 15 is 0 Å². The number of carboxylic acid groups (broad SMARTS) is 1. The minimum atomic E-state index is -1.04. The molecule has 0 radical (unpaired) electrons. The molecule has 0 aliphatic carbocycles. The number of ketones is 1. The fourth-order valence-corrected chi connectivity index (χ4v) is 1.44. The molecule has 6 heteroatoms. The predicted octanol–water partition coefficient (Wildman–Crippen LogP) is 1.28. The maximum absolute atomic E-state index is 11.5. The third-order valence-corrected chi connectivity index (χ3v) is 2.30. The molecule has 0 fully saturated rings. The van der Waals surface area contributed by atoms with E-state index in [-0.39, 0.29) is 31.0 Å². The molecule has 1 heterocycles. The van der Waals surface area contributed by atoms with Gasteiger partial charge in [0.25, 0.3) is 0 Å². The second-order valence-electron chi connectivity index (χ2n) is 3.94. The molecule has 0 aromatic carbocycles. The van der Waals surface area contributed by atoms with Gasteiger partial charge in [-0.25, -0.2) is 0 Å². The number of hydrogen-bond donors (Lipinski definition) is 2. The number of amides is 1. The molecule has 98 valence electrons. The summed E-state index contributed by atoms with van der Waals surface area (Å²) in [7, 11) is 0. The Morgan fingerprint density at radius 1 is 1.39 bits per heavy atom. The third-order valence-electron chi connectivity index (χ3n) is 2.30. The van der Waals surface area contributed by atoms with Crippen molar-refractivity contribution < 1.29 is 23.9 Å². The number of rotatable bonds is 7. The maximum atomic E-state index is 11.5. The highest BCUT2D eigenvalue weighted by molar-refractivity contribution is 5.84. The third kappa shape index (κ3) is 4.82. The lowest BCUT2D eigenvalue weighted by Crippen LogP contribution is -2.30. The summed E-state index contributed by atoms with van der Waals surface area (Å²) in [5, 5.41) is 11.3. The van der Waals surface area contributed by atoms with Crippen LogP contribution in [0.15, 0.2) is 22.8 Å². The highest BCUT2D eigenvalue weighted by atomic mass is 16.4. The van der Waals surface area contributed by atoms with Crippen LogP contribution in [0.25, 0.3) is 0 Å². The summed E-state index contributed by atoms with van der Waals surface area (Å²) in [6, 6.07) is 2.50. The Hall–Kier alpha value is -2.11. The maximum Gasteiger partial charge on any atom is 0.305 e. The van der Waals surface area contributed by atoms with Crippen molar-refractivity contribution in [2.45, 2.75) is 32.2 Å². The smallest absolute Gasteiger partial charge is 0.305 e. The van der Waals surface area contributed by atoms with E-state index < -0.39 is 12.0 Å². The standard InChI is InChI=1S/C12H15NO5/c1-8(14)4-5-11(15)13-9(7-12(16)17)10-3-2-6-18-10/h2-3,6,9H,4-5,7H2,1H3,(H,13,15)(H,16,17). The number of carbonyl (C=O) groups excluding carboxylic acids is 2. The summed E-state index contributed by atoms with van der Waals surface area (Å²) in [4.78, 5) is 33.0. The first-order valence-electron chi connectivity index (χ1n) is 5.53. The molecule has 1 aromatic heterocycles. The summed E-state index contributed by atoms with van der Waals surface area (Å²) in [6.45, 7) is 1.40. The molecule has 1 rings (SSSR count). The Morgan fingerprint density at radius 2 is 2.11 bits per heavy atom. The lowest BCUT2D eigenvalue weighted by Gasteiger charge is -2.14. The molecular formula is C12H15NO5. The summed E-state index contributed by atoms with van der Waals surface area (Å²) in [6.07, 6.45) is 1.33. The van der Waals surface area contributed by atoms with Crippen molar-refractivity contribution in [3.05, 3.63) is 24.2 Å². The number of carbonyl (C=O) groups is 3. The van der Waals surface area contributed by atoms with Gasteiger partial charge >= 0.3 is 5.97 Å². The van der Waals surface area contributed by atoms with E-state index in [0.717, 1.165) is 0 Å². The van der Waals surface area contributed by atoms with Gasteiger partial charge in [0.05, 0.1) is 18.7 Å². The number of furan rings is 1. The van der Waals surface area contributed by atoms with Crippen LogP contribution in [0.5, 0.6) is 0 Å². The molecule has 1 unspecified atom stereocenters. The summed E-state index contributed by atoms with van der Waals surface area (Å²) >= 11 is 0. The van der Waals surface area contributed by atoms with E-state index in [2.05, 4.69) is 5.32 Å². The van der Waals surface area contributed by atoms with Crippen LogP contribution in [0.4, 0.5) is 0 Å². The number of Topliss-reactive ketones (excluding diaryl/α,β-unsaturated/α-hetero) is 1. The van der Waals surface area contributed by atoms with Crippen LogP contribution < -0.4 is 5.32 Å². The summed E-state index contributed by atoms with van der Waals surface area (Å²) < 4.78 is 5.08. The van der Waals surface area contributed by atoms with Crippen LogP contribution in [-0.2, 0) is 14.4 Å². The largest absolute Gasteiger partial charge is 0.481 e. The zero-order chi connectivity index (χ0) is 13.5. The monoisotopic (exact) mass is 253 g/mol. The minimum absolute atomic E-state index is 0.0478. The van der Waals surface area contributed by atoms with Crippen LogP contribution in [-0.4, -0.2) is 22.8 Å². The summed E-state index contributed by atoms with van der Waals surface area (Å²) in [5.41, 5.74) is 0. The minimum Gasteiger partial charge on any atom is -0.481 e. The molecule has 0 aliphatic rings. The van der Waals surface area contributed by atoms with E-state index in [1.54, 1.807) is 12.1 Å². The molecule has 1 amide bonds. The number of nitrogens with one attached hydrogen (secondary N) is 1. The quantitative estimate of drug-likeness (QED) is 0.763. The van der Waals surface area contributed by atoms with Gasteiger partial charge in [-0.2, -0.15) is 0 Å². The van der Waals surface area contributed by atoms with Gasteiger partial charge in [0.15, 0.2) is 0 Å². The highest BCUT2D eigenvalue weighted by Gasteiger charge is 2.20. The Morgan fingerprint density at radius 3 is 2.61 bits per heavy atom. The van der Waals surface area contributed by atoms with Gasteiger partial charge in [-0.1, -0.05) is 0 Å². The Kier molecular flexibility index (Phi) is 5.10. The fraction of sp³-hybridized carbons (Fsp3) is 0.417. The van der Waals surface area contributed by atoms with E-state index in [9.17, 15) is 14.4 Å². The van der Waals surface area contributed by atoms with E-state index in [0.29, 0.717) is 5.76 Å². The predicted molar refractivity (Wildman–Crippen MR) is 61.8 cm³/mol. The summed E-state index contributed by atoms with van der Waals surface area (Å²) in [5.74, 6) is -1.11. The average molecular weight is 253 g/mol. The molecule has 0 bridgehead atoms. The fourth-order valence-electron chi connectivity index (χ4n) is 1.44. The van der Waals surface area contributed by atoms with Gasteiger partial charge in [0, 0.05) is 12.8 Å². The van der Waals surface area contributed by atoms with Gasteiger partial charge in [-0.3, -0.25) is 9.59 Å². The number of aliphatic carboxylic acids is 1.